The Kier molecular flexibility index (Phi) is 8.61. The van der Waals surface area contributed by atoms with E-state index in [0.717, 1.165) is 49.4 Å². The SMILES string of the molecule is CCC(CC)(Cc1nc2ccccc2s1)C(=O)NCC1CNC1.Cl.Cl. The van der Waals surface area contributed by atoms with Crippen molar-refractivity contribution in [3.63, 3.8) is 0 Å². The van der Waals surface area contributed by atoms with E-state index in [1.54, 1.807) is 11.3 Å². The van der Waals surface area contributed by atoms with Crippen LogP contribution in [0.2, 0.25) is 0 Å². The molecule has 1 aromatic heterocycles. The summed E-state index contributed by atoms with van der Waals surface area (Å²) in [6, 6.07) is 8.19. The number of amides is 1. The number of thiazole rings is 1. The first kappa shape index (κ1) is 22.2. The first-order valence-corrected chi connectivity index (χ1v) is 9.32. The van der Waals surface area contributed by atoms with Crippen LogP contribution >= 0.6 is 36.2 Å². The van der Waals surface area contributed by atoms with E-state index < -0.39 is 0 Å². The summed E-state index contributed by atoms with van der Waals surface area (Å²) in [6.45, 7) is 7.04. The Morgan fingerprint density at radius 1 is 1.28 bits per heavy atom. The van der Waals surface area contributed by atoms with Gasteiger partial charge in [0.2, 0.25) is 5.91 Å². The van der Waals surface area contributed by atoms with E-state index in [9.17, 15) is 4.79 Å². The molecule has 0 bridgehead atoms. The van der Waals surface area contributed by atoms with Gasteiger partial charge in [-0.1, -0.05) is 26.0 Å². The number of halogens is 2. The summed E-state index contributed by atoms with van der Waals surface area (Å²) >= 11 is 1.71. The number of nitrogens with zero attached hydrogens (tertiary/aromatic N) is 1. The number of rotatable bonds is 7. The van der Waals surface area contributed by atoms with Gasteiger partial charge in [0.25, 0.3) is 0 Å². The van der Waals surface area contributed by atoms with E-state index in [2.05, 4.69) is 30.5 Å². The van der Waals surface area contributed by atoms with E-state index in [0.29, 0.717) is 5.92 Å². The first-order chi connectivity index (χ1) is 11.2. The predicted molar refractivity (Wildman–Crippen MR) is 110 cm³/mol. The molecule has 0 unspecified atom stereocenters. The van der Waals surface area contributed by atoms with Crippen molar-refractivity contribution in [3.8, 4) is 0 Å². The fraction of sp³-hybridized carbons (Fsp3) is 0.556. The fourth-order valence-electron chi connectivity index (χ4n) is 3.10. The average molecular weight is 404 g/mol. The highest BCUT2D eigenvalue weighted by Crippen LogP contribution is 2.34. The van der Waals surface area contributed by atoms with Crippen LogP contribution in [0.15, 0.2) is 24.3 Å². The number of hydrogen-bond acceptors (Lipinski definition) is 4. The maximum Gasteiger partial charge on any atom is 0.226 e. The minimum Gasteiger partial charge on any atom is -0.355 e. The van der Waals surface area contributed by atoms with Crippen LogP contribution in [-0.2, 0) is 11.2 Å². The Hall–Kier alpha value is -0.880. The maximum absolute atomic E-state index is 12.8. The molecule has 1 fully saturated rings. The second kappa shape index (κ2) is 9.72. The second-order valence-electron chi connectivity index (χ2n) is 6.47. The number of carbonyl (C=O) groups is 1. The van der Waals surface area contributed by atoms with Gasteiger partial charge in [0.1, 0.15) is 0 Å². The zero-order valence-corrected chi connectivity index (χ0v) is 17.2. The zero-order valence-electron chi connectivity index (χ0n) is 14.7. The molecule has 25 heavy (non-hydrogen) atoms. The van der Waals surface area contributed by atoms with E-state index in [1.807, 2.05) is 18.2 Å². The molecule has 2 aromatic rings. The quantitative estimate of drug-likeness (QED) is 0.738. The number of nitrogens with one attached hydrogen (secondary N) is 2. The molecule has 1 aromatic carbocycles. The monoisotopic (exact) mass is 403 g/mol. The largest absolute Gasteiger partial charge is 0.355 e. The summed E-state index contributed by atoms with van der Waals surface area (Å²) in [4.78, 5) is 17.6. The standard InChI is InChI=1S/C18H25N3OS.2ClH/c1-3-18(4-2,17(22)20-12-13-10-19-11-13)9-16-21-14-7-5-6-8-15(14)23-16;;/h5-8,13,19H,3-4,9-12H2,1-2H3,(H,20,22);2*1H. The molecule has 1 saturated heterocycles. The normalized spacial score (nSPS) is 14.3. The molecular formula is C18H27Cl2N3OS. The molecule has 0 radical (unpaired) electrons. The van der Waals surface area contributed by atoms with E-state index in [1.165, 1.54) is 4.70 Å². The molecule has 3 rings (SSSR count). The Morgan fingerprint density at radius 2 is 1.96 bits per heavy atom. The van der Waals surface area contributed by atoms with Gasteiger partial charge in [-0.05, 0) is 25.0 Å². The molecule has 140 valence electrons. The van der Waals surface area contributed by atoms with E-state index in [4.69, 9.17) is 4.98 Å². The van der Waals surface area contributed by atoms with Crippen LogP contribution in [0.4, 0.5) is 0 Å². The van der Waals surface area contributed by atoms with Crippen LogP contribution in [0.3, 0.4) is 0 Å². The third-order valence-corrected chi connectivity index (χ3v) is 6.12. The lowest BCUT2D eigenvalue weighted by molar-refractivity contribution is -0.131. The minimum atomic E-state index is -0.342. The van der Waals surface area contributed by atoms with Crippen LogP contribution in [0, 0.1) is 11.3 Å². The summed E-state index contributed by atoms with van der Waals surface area (Å²) in [5.41, 5.74) is 0.694. The van der Waals surface area contributed by atoms with Crippen LogP contribution in [0.25, 0.3) is 10.2 Å². The molecule has 2 N–H and O–H groups in total. The van der Waals surface area contributed by atoms with Gasteiger partial charge in [-0.2, -0.15) is 0 Å². The fourth-order valence-corrected chi connectivity index (χ4v) is 4.21. The van der Waals surface area contributed by atoms with E-state index in [-0.39, 0.29) is 36.1 Å². The molecule has 1 amide bonds. The van der Waals surface area contributed by atoms with Crippen LogP contribution < -0.4 is 10.6 Å². The molecule has 0 atom stereocenters. The smallest absolute Gasteiger partial charge is 0.226 e. The first-order valence-electron chi connectivity index (χ1n) is 8.50. The van der Waals surface area contributed by atoms with Crippen molar-refractivity contribution in [2.24, 2.45) is 11.3 Å². The van der Waals surface area contributed by atoms with Gasteiger partial charge < -0.3 is 10.6 Å². The highest BCUT2D eigenvalue weighted by molar-refractivity contribution is 7.18. The highest BCUT2D eigenvalue weighted by Gasteiger charge is 2.36. The molecular weight excluding hydrogens is 377 g/mol. The summed E-state index contributed by atoms with van der Waals surface area (Å²) < 4.78 is 1.20. The summed E-state index contributed by atoms with van der Waals surface area (Å²) in [5.74, 6) is 0.779. The van der Waals surface area contributed by atoms with Crippen molar-refractivity contribution in [2.75, 3.05) is 19.6 Å². The number of benzene rings is 1. The average Bonchev–Trinajstić information content (AvgIpc) is 2.93. The van der Waals surface area contributed by atoms with Crippen molar-refractivity contribution in [1.82, 2.24) is 15.6 Å². The molecule has 0 spiro atoms. The van der Waals surface area contributed by atoms with Crippen molar-refractivity contribution in [1.29, 1.82) is 0 Å². The maximum atomic E-state index is 12.8. The molecule has 2 heterocycles. The molecule has 7 heteroatoms. The lowest BCUT2D eigenvalue weighted by Crippen LogP contribution is -2.51. The van der Waals surface area contributed by atoms with Gasteiger partial charge in [-0.3, -0.25) is 4.79 Å². The third kappa shape index (κ3) is 4.85. The molecule has 0 aliphatic carbocycles. The Labute approximate surface area is 166 Å². The number of para-hydroxylation sites is 1. The zero-order chi connectivity index (χ0) is 16.3. The Balaban J connectivity index is 0.00000156. The summed E-state index contributed by atoms with van der Waals surface area (Å²) in [5, 5.41) is 7.49. The van der Waals surface area contributed by atoms with Gasteiger partial charge in [0, 0.05) is 32.0 Å². The van der Waals surface area contributed by atoms with Crippen LogP contribution in [0.5, 0.6) is 0 Å². The van der Waals surface area contributed by atoms with Gasteiger partial charge in [0.15, 0.2) is 0 Å². The number of hydrogen-bond donors (Lipinski definition) is 2. The molecule has 1 aliphatic heterocycles. The Morgan fingerprint density at radius 3 is 2.52 bits per heavy atom. The number of fused-ring (bicyclic) bond motifs is 1. The topological polar surface area (TPSA) is 54.0 Å². The number of carbonyl (C=O) groups excluding carboxylic acids is 1. The van der Waals surface area contributed by atoms with Gasteiger partial charge >= 0.3 is 0 Å². The van der Waals surface area contributed by atoms with E-state index >= 15 is 0 Å². The highest BCUT2D eigenvalue weighted by atomic mass is 35.5. The molecule has 4 nitrogen and oxygen atoms in total. The number of aromatic nitrogens is 1. The van der Waals surface area contributed by atoms with Crippen molar-refractivity contribution in [3.05, 3.63) is 29.3 Å². The van der Waals surface area contributed by atoms with Crippen LogP contribution in [-0.4, -0.2) is 30.5 Å². The minimum absolute atomic E-state index is 0. The van der Waals surface area contributed by atoms with Crippen molar-refractivity contribution < 1.29 is 4.79 Å². The molecule has 0 saturated carbocycles. The van der Waals surface area contributed by atoms with Crippen LogP contribution in [0.1, 0.15) is 31.7 Å². The van der Waals surface area contributed by atoms with Crippen molar-refractivity contribution in [2.45, 2.75) is 33.1 Å². The summed E-state index contributed by atoms with van der Waals surface area (Å²) in [6.07, 6.45) is 2.41. The lowest BCUT2D eigenvalue weighted by Gasteiger charge is -2.32. The predicted octanol–water partition coefficient (Wildman–Crippen LogP) is 3.82. The van der Waals surface area contributed by atoms with Crippen molar-refractivity contribution >= 4 is 52.3 Å². The third-order valence-electron chi connectivity index (χ3n) is 5.08. The molecule has 1 aliphatic rings. The second-order valence-corrected chi connectivity index (χ2v) is 7.59. The van der Waals surface area contributed by atoms with Gasteiger partial charge in [-0.25, -0.2) is 4.98 Å². The Bertz CT molecular complexity index is 651. The lowest BCUT2D eigenvalue weighted by atomic mass is 9.78. The summed E-state index contributed by atoms with van der Waals surface area (Å²) in [7, 11) is 0. The van der Waals surface area contributed by atoms with Gasteiger partial charge in [0.05, 0.1) is 20.6 Å². The van der Waals surface area contributed by atoms with Gasteiger partial charge in [-0.15, -0.1) is 36.2 Å².